The monoisotopic (exact) mass is 347 g/mol. The minimum absolute atomic E-state index is 0.0396. The zero-order valence-corrected chi connectivity index (χ0v) is 14.7. The quantitative estimate of drug-likeness (QED) is 0.792. The van der Waals surface area contributed by atoms with Gasteiger partial charge in [-0.1, -0.05) is 17.3 Å². The first kappa shape index (κ1) is 17.5. The number of carbonyl (C=O) groups is 1. The minimum Gasteiger partial charge on any atom is -0.469 e. The molecule has 1 saturated heterocycles. The molecule has 2 aromatic rings. The molecule has 6 nitrogen and oxygen atoms in total. The summed E-state index contributed by atoms with van der Waals surface area (Å²) >= 11 is 0. The summed E-state index contributed by atoms with van der Waals surface area (Å²) in [6, 6.07) is 4.83. The molecule has 1 fully saturated rings. The van der Waals surface area contributed by atoms with E-state index < -0.39 is 0 Å². The van der Waals surface area contributed by atoms with Gasteiger partial charge in [0.15, 0.2) is 0 Å². The van der Waals surface area contributed by atoms with Crippen LogP contribution in [0.5, 0.6) is 0 Å². The number of halogens is 1. The maximum absolute atomic E-state index is 13.7. The molecule has 7 heteroatoms. The van der Waals surface area contributed by atoms with Gasteiger partial charge in [0.2, 0.25) is 11.7 Å². The lowest BCUT2D eigenvalue weighted by Crippen LogP contribution is -2.38. The second kappa shape index (κ2) is 7.31. The molecule has 1 aliphatic heterocycles. The zero-order chi connectivity index (χ0) is 18.0. The average molecular weight is 347 g/mol. The molecule has 1 unspecified atom stereocenters. The SMILES string of the molecule is COC(=O)C1CCN(C(C)c2nc(-c3ccc(C)c(F)c3)no2)CC1. The van der Waals surface area contributed by atoms with Crippen LogP contribution in [-0.4, -0.2) is 41.2 Å². The summed E-state index contributed by atoms with van der Waals surface area (Å²) in [7, 11) is 1.42. The van der Waals surface area contributed by atoms with Crippen LogP contribution in [0.2, 0.25) is 0 Å². The van der Waals surface area contributed by atoms with Gasteiger partial charge in [-0.25, -0.2) is 4.39 Å². The number of esters is 1. The third-order valence-electron chi connectivity index (χ3n) is 4.84. The fourth-order valence-corrected chi connectivity index (χ4v) is 3.10. The Morgan fingerprint density at radius 3 is 2.76 bits per heavy atom. The summed E-state index contributed by atoms with van der Waals surface area (Å²) in [4.78, 5) is 18.2. The third-order valence-corrected chi connectivity index (χ3v) is 4.84. The highest BCUT2D eigenvalue weighted by atomic mass is 19.1. The van der Waals surface area contributed by atoms with E-state index in [0.29, 0.717) is 22.8 Å². The van der Waals surface area contributed by atoms with Crippen molar-refractivity contribution in [3.8, 4) is 11.4 Å². The molecular weight excluding hydrogens is 325 g/mol. The van der Waals surface area contributed by atoms with Crippen molar-refractivity contribution in [3.63, 3.8) is 0 Å². The van der Waals surface area contributed by atoms with Crippen molar-refractivity contribution in [2.75, 3.05) is 20.2 Å². The van der Waals surface area contributed by atoms with Gasteiger partial charge in [0.1, 0.15) is 5.82 Å². The van der Waals surface area contributed by atoms with Gasteiger partial charge in [0.05, 0.1) is 19.1 Å². The molecule has 3 rings (SSSR count). The number of piperidine rings is 1. The number of ether oxygens (including phenoxy) is 1. The molecule has 0 bridgehead atoms. The number of methoxy groups -OCH3 is 1. The molecule has 0 radical (unpaired) electrons. The molecule has 0 N–H and O–H groups in total. The fraction of sp³-hybridized carbons (Fsp3) is 0.500. The summed E-state index contributed by atoms with van der Waals surface area (Å²) in [5, 5.41) is 3.98. The van der Waals surface area contributed by atoms with Crippen molar-refractivity contribution in [3.05, 3.63) is 35.5 Å². The Bertz CT molecular complexity index is 754. The largest absolute Gasteiger partial charge is 0.469 e. The molecule has 134 valence electrons. The maximum atomic E-state index is 13.7. The number of hydrogen-bond donors (Lipinski definition) is 0. The summed E-state index contributed by atoms with van der Waals surface area (Å²) < 4.78 is 23.9. The van der Waals surface area contributed by atoms with Gasteiger partial charge in [0, 0.05) is 5.56 Å². The first-order valence-corrected chi connectivity index (χ1v) is 8.41. The number of aromatic nitrogens is 2. The van der Waals surface area contributed by atoms with Crippen LogP contribution >= 0.6 is 0 Å². The van der Waals surface area contributed by atoms with E-state index in [4.69, 9.17) is 9.26 Å². The number of hydrogen-bond acceptors (Lipinski definition) is 6. The van der Waals surface area contributed by atoms with Crippen LogP contribution in [-0.2, 0) is 9.53 Å². The number of nitrogens with zero attached hydrogens (tertiary/aromatic N) is 3. The molecule has 2 heterocycles. The molecule has 1 aromatic heterocycles. The van der Waals surface area contributed by atoms with Crippen molar-refractivity contribution in [2.45, 2.75) is 32.7 Å². The minimum atomic E-state index is -0.290. The summed E-state index contributed by atoms with van der Waals surface area (Å²) in [6.45, 7) is 5.22. The van der Waals surface area contributed by atoms with Crippen LogP contribution in [0.1, 0.15) is 37.3 Å². The van der Waals surface area contributed by atoms with Crippen LogP contribution in [0.25, 0.3) is 11.4 Å². The number of carbonyl (C=O) groups excluding carboxylic acids is 1. The molecule has 0 aliphatic carbocycles. The Hall–Kier alpha value is -2.28. The van der Waals surface area contributed by atoms with E-state index in [-0.39, 0.29) is 23.7 Å². The highest BCUT2D eigenvalue weighted by Crippen LogP contribution is 2.28. The van der Waals surface area contributed by atoms with Crippen molar-refractivity contribution < 1.29 is 18.4 Å². The summed E-state index contributed by atoms with van der Waals surface area (Å²) in [6.07, 6.45) is 1.50. The van der Waals surface area contributed by atoms with Gasteiger partial charge < -0.3 is 9.26 Å². The molecule has 25 heavy (non-hydrogen) atoms. The number of benzene rings is 1. The second-order valence-electron chi connectivity index (χ2n) is 6.43. The van der Waals surface area contributed by atoms with Crippen LogP contribution in [0.4, 0.5) is 4.39 Å². The van der Waals surface area contributed by atoms with E-state index in [9.17, 15) is 9.18 Å². The highest BCUT2D eigenvalue weighted by molar-refractivity contribution is 5.72. The van der Waals surface area contributed by atoms with E-state index in [1.165, 1.54) is 13.2 Å². The summed E-state index contributed by atoms with van der Waals surface area (Å²) in [5.41, 5.74) is 1.17. The van der Waals surface area contributed by atoms with Gasteiger partial charge in [0.25, 0.3) is 0 Å². The first-order valence-electron chi connectivity index (χ1n) is 8.41. The Morgan fingerprint density at radius 1 is 1.40 bits per heavy atom. The van der Waals surface area contributed by atoms with Crippen molar-refractivity contribution >= 4 is 5.97 Å². The van der Waals surface area contributed by atoms with Gasteiger partial charge in [-0.05, 0) is 51.4 Å². The Kier molecular flexibility index (Phi) is 5.13. The van der Waals surface area contributed by atoms with Gasteiger partial charge in [-0.3, -0.25) is 9.69 Å². The van der Waals surface area contributed by atoms with Crippen molar-refractivity contribution in [1.82, 2.24) is 15.0 Å². The first-order chi connectivity index (χ1) is 12.0. The predicted molar refractivity (Wildman–Crippen MR) is 89.2 cm³/mol. The van der Waals surface area contributed by atoms with Gasteiger partial charge in [-0.15, -0.1) is 0 Å². The lowest BCUT2D eigenvalue weighted by Gasteiger charge is -2.33. The molecule has 1 aliphatic rings. The molecule has 0 spiro atoms. The van der Waals surface area contributed by atoms with E-state index in [0.717, 1.165) is 25.9 Å². The second-order valence-corrected chi connectivity index (χ2v) is 6.43. The number of rotatable bonds is 4. The van der Waals surface area contributed by atoms with Gasteiger partial charge >= 0.3 is 5.97 Å². The topological polar surface area (TPSA) is 68.5 Å². The smallest absolute Gasteiger partial charge is 0.308 e. The Balaban J connectivity index is 1.68. The van der Waals surface area contributed by atoms with Crippen molar-refractivity contribution in [1.29, 1.82) is 0 Å². The van der Waals surface area contributed by atoms with E-state index >= 15 is 0 Å². The maximum Gasteiger partial charge on any atom is 0.308 e. The zero-order valence-electron chi connectivity index (χ0n) is 14.7. The van der Waals surface area contributed by atoms with Crippen LogP contribution in [0.3, 0.4) is 0 Å². The predicted octanol–water partition coefficient (Wildman–Crippen LogP) is 3.13. The lowest BCUT2D eigenvalue weighted by molar-refractivity contribution is -0.147. The van der Waals surface area contributed by atoms with E-state index in [1.54, 1.807) is 19.1 Å². The molecular formula is C18H22FN3O3. The molecule has 0 saturated carbocycles. The third kappa shape index (κ3) is 3.71. The Labute approximate surface area is 146 Å². The van der Waals surface area contributed by atoms with Crippen LogP contribution < -0.4 is 0 Å². The van der Waals surface area contributed by atoms with Gasteiger partial charge in [-0.2, -0.15) is 4.98 Å². The number of aryl methyl sites for hydroxylation is 1. The average Bonchev–Trinajstić information content (AvgIpc) is 3.13. The summed E-state index contributed by atoms with van der Waals surface area (Å²) in [5.74, 6) is 0.399. The van der Waals surface area contributed by atoms with Crippen molar-refractivity contribution in [2.24, 2.45) is 5.92 Å². The lowest BCUT2D eigenvalue weighted by atomic mass is 9.96. The standard InChI is InChI=1S/C18H22FN3O3/c1-11-4-5-14(10-15(11)19)16-20-17(25-21-16)12(2)22-8-6-13(7-9-22)18(23)24-3/h4-5,10,12-13H,6-9H2,1-3H3. The molecule has 1 aromatic carbocycles. The van der Waals surface area contributed by atoms with E-state index in [2.05, 4.69) is 15.0 Å². The van der Waals surface area contributed by atoms with Crippen LogP contribution in [0.15, 0.2) is 22.7 Å². The van der Waals surface area contributed by atoms with Crippen LogP contribution in [0, 0.1) is 18.7 Å². The van der Waals surface area contributed by atoms with E-state index in [1.807, 2.05) is 6.92 Å². The fourth-order valence-electron chi connectivity index (χ4n) is 3.10. The Morgan fingerprint density at radius 2 is 2.12 bits per heavy atom. The molecule has 1 atom stereocenters. The molecule has 0 amide bonds. The normalized spacial score (nSPS) is 17.4. The highest BCUT2D eigenvalue weighted by Gasteiger charge is 2.30. The number of likely N-dealkylation sites (tertiary alicyclic amines) is 1.